The summed E-state index contributed by atoms with van der Waals surface area (Å²) in [6.07, 6.45) is 0. The van der Waals surface area contributed by atoms with Gasteiger partial charge in [0.05, 0.1) is 11.0 Å². The van der Waals surface area contributed by atoms with E-state index in [1.165, 1.54) is 12.1 Å². The van der Waals surface area contributed by atoms with Crippen molar-refractivity contribution in [3.63, 3.8) is 0 Å². The quantitative estimate of drug-likeness (QED) is 0.400. The summed E-state index contributed by atoms with van der Waals surface area (Å²) in [6, 6.07) is 8.58. The van der Waals surface area contributed by atoms with Crippen molar-refractivity contribution < 1.29 is 14.1 Å². The zero-order valence-electron chi connectivity index (χ0n) is 9.98. The lowest BCUT2D eigenvalue weighted by molar-refractivity contribution is -0.385. The highest BCUT2D eigenvalue weighted by molar-refractivity contribution is 9.10. The highest BCUT2D eigenvalue weighted by atomic mass is 79.9. The number of nitrogens with zero attached hydrogens (tertiary/aromatic N) is 1. The Morgan fingerprint density at radius 1 is 1.20 bits per heavy atom. The molecule has 0 spiro atoms. The number of nitro benzene ring substituents is 1. The molecule has 0 bridgehead atoms. The van der Waals surface area contributed by atoms with Crippen LogP contribution in [-0.2, 0) is 5.33 Å². The first-order valence-electron chi connectivity index (χ1n) is 5.47. The van der Waals surface area contributed by atoms with Crippen molar-refractivity contribution in [3.8, 4) is 11.5 Å². The highest BCUT2D eigenvalue weighted by Crippen LogP contribution is 2.32. The van der Waals surface area contributed by atoms with Gasteiger partial charge >= 0.3 is 0 Å². The van der Waals surface area contributed by atoms with Crippen LogP contribution in [0.25, 0.3) is 0 Å². The van der Waals surface area contributed by atoms with Crippen molar-refractivity contribution >= 4 is 37.5 Å². The van der Waals surface area contributed by atoms with Crippen LogP contribution in [-0.4, -0.2) is 4.92 Å². The summed E-state index contributed by atoms with van der Waals surface area (Å²) in [6.45, 7) is 0. The minimum atomic E-state index is -0.775. The Kier molecular flexibility index (Phi) is 4.72. The smallest absolute Gasteiger partial charge is 0.272 e. The molecule has 4 nitrogen and oxygen atoms in total. The second kappa shape index (κ2) is 6.32. The fourth-order valence-corrected chi connectivity index (χ4v) is 2.40. The SMILES string of the molecule is O=[N+]([O-])c1ccc(Oc2ccc(Br)cc2CBr)c(F)c1. The van der Waals surface area contributed by atoms with E-state index < -0.39 is 10.7 Å². The van der Waals surface area contributed by atoms with Crippen LogP contribution in [0.4, 0.5) is 10.1 Å². The molecular weight excluding hydrogens is 397 g/mol. The Hall–Kier alpha value is -1.47. The number of halogens is 3. The van der Waals surface area contributed by atoms with Crippen LogP contribution in [0.5, 0.6) is 11.5 Å². The molecule has 0 amide bonds. The predicted molar refractivity (Wildman–Crippen MR) is 79.9 cm³/mol. The van der Waals surface area contributed by atoms with E-state index >= 15 is 0 Å². The Labute approximate surface area is 131 Å². The summed E-state index contributed by atoms with van der Waals surface area (Å²) < 4.78 is 20.1. The van der Waals surface area contributed by atoms with E-state index in [4.69, 9.17) is 4.74 Å². The van der Waals surface area contributed by atoms with Gasteiger partial charge in [-0.15, -0.1) is 0 Å². The second-order valence-electron chi connectivity index (χ2n) is 3.86. The number of rotatable bonds is 4. The molecular formula is C13H8Br2FNO3. The zero-order chi connectivity index (χ0) is 14.7. The molecule has 0 unspecified atom stereocenters. The molecule has 2 aromatic carbocycles. The van der Waals surface area contributed by atoms with Gasteiger partial charge in [0.25, 0.3) is 5.69 Å². The van der Waals surface area contributed by atoms with Crippen LogP contribution < -0.4 is 4.74 Å². The van der Waals surface area contributed by atoms with Gasteiger partial charge in [-0.1, -0.05) is 31.9 Å². The molecule has 104 valence electrons. The summed E-state index contributed by atoms with van der Waals surface area (Å²) in [5.41, 5.74) is 0.517. The molecule has 0 heterocycles. The monoisotopic (exact) mass is 403 g/mol. The molecule has 0 radical (unpaired) electrons. The molecule has 0 saturated heterocycles. The molecule has 0 N–H and O–H groups in total. The van der Waals surface area contributed by atoms with E-state index in [2.05, 4.69) is 31.9 Å². The van der Waals surface area contributed by atoms with Gasteiger partial charge in [-0.25, -0.2) is 4.39 Å². The van der Waals surface area contributed by atoms with Crippen molar-refractivity contribution in [3.05, 3.63) is 62.4 Å². The molecule has 0 saturated carbocycles. The molecule has 2 rings (SSSR count). The highest BCUT2D eigenvalue weighted by Gasteiger charge is 2.13. The number of benzene rings is 2. The van der Waals surface area contributed by atoms with E-state index in [1.54, 1.807) is 12.1 Å². The summed E-state index contributed by atoms with van der Waals surface area (Å²) in [4.78, 5) is 9.89. The normalized spacial score (nSPS) is 10.3. The van der Waals surface area contributed by atoms with Crippen molar-refractivity contribution in [1.29, 1.82) is 0 Å². The maximum Gasteiger partial charge on any atom is 0.272 e. The summed E-state index contributed by atoms with van der Waals surface area (Å²) in [5, 5.41) is 11.1. The number of ether oxygens (including phenoxy) is 1. The molecule has 2 aromatic rings. The Balaban J connectivity index is 2.33. The lowest BCUT2D eigenvalue weighted by Gasteiger charge is -2.10. The van der Waals surface area contributed by atoms with E-state index in [0.29, 0.717) is 11.1 Å². The van der Waals surface area contributed by atoms with Crippen LogP contribution in [0.3, 0.4) is 0 Å². The minimum Gasteiger partial charge on any atom is -0.454 e. The Bertz CT molecular complexity index is 664. The number of alkyl halides is 1. The summed E-state index contributed by atoms with van der Waals surface area (Å²) in [7, 11) is 0. The van der Waals surface area contributed by atoms with E-state index in [9.17, 15) is 14.5 Å². The van der Waals surface area contributed by atoms with Gasteiger partial charge in [0.15, 0.2) is 11.6 Å². The lowest BCUT2D eigenvalue weighted by Crippen LogP contribution is -1.94. The lowest BCUT2D eigenvalue weighted by atomic mass is 10.2. The molecule has 20 heavy (non-hydrogen) atoms. The van der Waals surface area contributed by atoms with Crippen molar-refractivity contribution in [2.45, 2.75) is 5.33 Å². The molecule has 0 fully saturated rings. The van der Waals surface area contributed by atoms with E-state index in [-0.39, 0.29) is 11.4 Å². The number of hydrogen-bond donors (Lipinski definition) is 0. The second-order valence-corrected chi connectivity index (χ2v) is 5.34. The zero-order valence-corrected chi connectivity index (χ0v) is 13.1. The predicted octanol–water partition coefficient (Wildman–Crippen LogP) is 5.18. The third kappa shape index (κ3) is 3.34. The van der Waals surface area contributed by atoms with Crippen LogP contribution in [0, 0.1) is 15.9 Å². The first-order chi connectivity index (χ1) is 9.51. The third-order valence-corrected chi connectivity index (χ3v) is 3.61. The molecule has 0 atom stereocenters. The van der Waals surface area contributed by atoms with Crippen LogP contribution >= 0.6 is 31.9 Å². The van der Waals surface area contributed by atoms with Gasteiger partial charge in [-0.3, -0.25) is 10.1 Å². The standard InChI is InChI=1S/C13H8Br2FNO3/c14-7-8-5-9(15)1-3-12(8)20-13-4-2-10(17(18)19)6-11(13)16/h1-6H,7H2. The van der Waals surface area contributed by atoms with Gasteiger partial charge in [0.1, 0.15) is 5.75 Å². The first-order valence-corrected chi connectivity index (χ1v) is 7.39. The van der Waals surface area contributed by atoms with E-state index in [1.807, 2.05) is 6.07 Å². The maximum absolute atomic E-state index is 13.8. The largest absolute Gasteiger partial charge is 0.454 e. The molecule has 0 aliphatic rings. The summed E-state index contributed by atoms with van der Waals surface area (Å²) in [5.74, 6) is -0.347. The van der Waals surface area contributed by atoms with Gasteiger partial charge in [-0.2, -0.15) is 0 Å². The number of nitro groups is 1. The van der Waals surface area contributed by atoms with Crippen molar-refractivity contribution in [2.24, 2.45) is 0 Å². The van der Waals surface area contributed by atoms with Crippen LogP contribution in [0.1, 0.15) is 5.56 Å². The van der Waals surface area contributed by atoms with Crippen molar-refractivity contribution in [1.82, 2.24) is 0 Å². The van der Waals surface area contributed by atoms with Crippen LogP contribution in [0.15, 0.2) is 40.9 Å². The minimum absolute atomic E-state index is 0.0554. The molecule has 7 heteroatoms. The molecule has 0 aromatic heterocycles. The average molecular weight is 405 g/mol. The topological polar surface area (TPSA) is 52.4 Å². The van der Waals surface area contributed by atoms with Crippen molar-refractivity contribution in [2.75, 3.05) is 0 Å². The molecule has 0 aliphatic carbocycles. The van der Waals surface area contributed by atoms with E-state index in [0.717, 1.165) is 16.1 Å². The fraction of sp³-hybridized carbons (Fsp3) is 0.0769. The Morgan fingerprint density at radius 3 is 2.50 bits per heavy atom. The number of non-ortho nitro benzene ring substituents is 1. The van der Waals surface area contributed by atoms with Gasteiger partial charge in [0.2, 0.25) is 0 Å². The van der Waals surface area contributed by atoms with Gasteiger partial charge in [0, 0.05) is 21.4 Å². The third-order valence-electron chi connectivity index (χ3n) is 2.51. The van der Waals surface area contributed by atoms with Crippen LogP contribution in [0.2, 0.25) is 0 Å². The average Bonchev–Trinajstić information content (AvgIpc) is 2.42. The maximum atomic E-state index is 13.8. The number of hydrogen-bond acceptors (Lipinski definition) is 3. The summed E-state index contributed by atoms with van der Waals surface area (Å²) >= 11 is 6.66. The Morgan fingerprint density at radius 2 is 1.90 bits per heavy atom. The van der Waals surface area contributed by atoms with Gasteiger partial charge in [-0.05, 0) is 24.3 Å². The van der Waals surface area contributed by atoms with Gasteiger partial charge < -0.3 is 4.74 Å². The first kappa shape index (κ1) is 14.9. The fourth-order valence-electron chi connectivity index (χ4n) is 1.56. The molecule has 0 aliphatic heterocycles.